The number of amides is 1. The standard InChI is InChI=1S/C25H24N4O7/c1-29(2)19-14-6-10-5-13-12(11-7-27-9-28-8-11)3-4-15(30)17(13)20(31)16(10)22(33)25(14,36)23(34)18(21(19)32)24(26)35/h3-4,7-10,14,19,30-31,34,36H,5-6H2,1-2H3,(H2,26,35)/t10-,14-,19-,25+/m1/s1. The highest BCUT2D eigenvalue weighted by Gasteiger charge is 2.64. The van der Waals surface area contributed by atoms with Gasteiger partial charge in [-0.3, -0.25) is 19.3 Å². The van der Waals surface area contributed by atoms with E-state index in [-0.39, 0.29) is 29.7 Å². The third-order valence-electron chi connectivity index (χ3n) is 7.48. The SMILES string of the molecule is CN(C)[C@H]1C(=O)C(C(N)=O)=C(O)[C@@]2(O)C(=O)C3=C(O)c4c(O)ccc(-c5cncnc5)c4C[C@@H]3C[C@H]12. The molecule has 11 heteroatoms. The van der Waals surface area contributed by atoms with Crippen molar-refractivity contribution >= 4 is 23.2 Å². The molecule has 1 heterocycles. The number of nitrogens with zero attached hydrogens (tertiary/aromatic N) is 3. The Hall–Kier alpha value is -4.09. The fraction of sp³-hybridized carbons (Fsp3) is 0.320. The van der Waals surface area contributed by atoms with E-state index in [1.54, 1.807) is 32.6 Å². The number of phenols is 1. The third-order valence-corrected chi connectivity index (χ3v) is 7.48. The van der Waals surface area contributed by atoms with E-state index in [9.17, 15) is 34.8 Å². The van der Waals surface area contributed by atoms with Crippen LogP contribution in [0.3, 0.4) is 0 Å². The molecule has 0 unspecified atom stereocenters. The molecule has 4 atom stereocenters. The summed E-state index contributed by atoms with van der Waals surface area (Å²) in [6, 6.07) is 1.90. The lowest BCUT2D eigenvalue weighted by atomic mass is 9.57. The van der Waals surface area contributed by atoms with Crippen LogP contribution in [0.4, 0.5) is 0 Å². The molecule has 3 aliphatic carbocycles. The lowest BCUT2D eigenvalue weighted by Gasteiger charge is -2.50. The molecule has 6 N–H and O–H groups in total. The van der Waals surface area contributed by atoms with Crippen molar-refractivity contribution in [2.45, 2.75) is 24.5 Å². The van der Waals surface area contributed by atoms with Gasteiger partial charge < -0.3 is 26.2 Å². The fourth-order valence-corrected chi connectivity index (χ4v) is 5.95. The van der Waals surface area contributed by atoms with Gasteiger partial charge >= 0.3 is 0 Å². The molecule has 0 bridgehead atoms. The van der Waals surface area contributed by atoms with E-state index in [1.807, 2.05) is 0 Å². The number of nitrogens with two attached hydrogens (primary N) is 1. The smallest absolute Gasteiger partial charge is 0.255 e. The van der Waals surface area contributed by atoms with Crippen LogP contribution < -0.4 is 5.73 Å². The van der Waals surface area contributed by atoms with Gasteiger partial charge in [-0.2, -0.15) is 0 Å². The van der Waals surface area contributed by atoms with Crippen molar-refractivity contribution in [2.24, 2.45) is 17.6 Å². The maximum atomic E-state index is 13.8. The number of rotatable bonds is 3. The van der Waals surface area contributed by atoms with Crippen LogP contribution in [-0.4, -0.2) is 78.5 Å². The Morgan fingerprint density at radius 2 is 1.81 bits per heavy atom. The van der Waals surface area contributed by atoms with Crippen molar-refractivity contribution in [3.05, 3.63) is 58.9 Å². The summed E-state index contributed by atoms with van der Waals surface area (Å²) in [5, 5.41) is 44.4. The molecule has 1 fully saturated rings. The van der Waals surface area contributed by atoms with Crippen molar-refractivity contribution < 1.29 is 34.8 Å². The summed E-state index contributed by atoms with van der Waals surface area (Å²) in [6.45, 7) is 0. The van der Waals surface area contributed by atoms with Crippen molar-refractivity contribution in [3.63, 3.8) is 0 Å². The number of aliphatic hydroxyl groups is 3. The van der Waals surface area contributed by atoms with E-state index in [2.05, 4.69) is 9.97 Å². The number of benzene rings is 1. The lowest BCUT2D eigenvalue weighted by molar-refractivity contribution is -0.153. The molecule has 0 spiro atoms. The molecule has 0 radical (unpaired) electrons. The molecule has 1 aromatic heterocycles. The molecular formula is C25H24N4O7. The molecule has 5 rings (SSSR count). The second kappa shape index (κ2) is 7.97. The van der Waals surface area contributed by atoms with Gasteiger partial charge in [-0.15, -0.1) is 0 Å². The third kappa shape index (κ3) is 3.02. The van der Waals surface area contributed by atoms with Gasteiger partial charge in [0.1, 0.15) is 29.2 Å². The summed E-state index contributed by atoms with van der Waals surface area (Å²) in [4.78, 5) is 48.5. The van der Waals surface area contributed by atoms with Gasteiger partial charge in [0.05, 0.1) is 11.6 Å². The Labute approximate surface area is 205 Å². The van der Waals surface area contributed by atoms with Crippen LogP contribution in [0.15, 0.2) is 47.8 Å². The fourth-order valence-electron chi connectivity index (χ4n) is 5.95. The van der Waals surface area contributed by atoms with Crippen molar-refractivity contribution in [2.75, 3.05) is 14.1 Å². The summed E-state index contributed by atoms with van der Waals surface area (Å²) in [6.07, 6.45) is 4.74. The zero-order valence-electron chi connectivity index (χ0n) is 19.5. The normalized spacial score (nSPS) is 27.6. The largest absolute Gasteiger partial charge is 0.508 e. The zero-order valence-corrected chi connectivity index (χ0v) is 19.5. The first-order valence-electron chi connectivity index (χ1n) is 11.2. The molecule has 0 aliphatic heterocycles. The zero-order chi connectivity index (χ0) is 26.1. The Morgan fingerprint density at radius 1 is 1.14 bits per heavy atom. The maximum Gasteiger partial charge on any atom is 0.255 e. The molecular weight excluding hydrogens is 468 g/mol. The van der Waals surface area contributed by atoms with E-state index >= 15 is 0 Å². The van der Waals surface area contributed by atoms with Gasteiger partial charge in [0.2, 0.25) is 5.78 Å². The van der Waals surface area contributed by atoms with Gasteiger partial charge in [0.25, 0.3) is 5.91 Å². The number of ketones is 2. The van der Waals surface area contributed by atoms with Crippen LogP contribution in [0.25, 0.3) is 16.9 Å². The summed E-state index contributed by atoms with van der Waals surface area (Å²) in [7, 11) is 3.11. The highest BCUT2D eigenvalue weighted by atomic mass is 16.3. The first-order valence-corrected chi connectivity index (χ1v) is 11.2. The number of fused-ring (bicyclic) bond motifs is 3. The Morgan fingerprint density at radius 3 is 2.42 bits per heavy atom. The first-order chi connectivity index (χ1) is 17.0. The van der Waals surface area contributed by atoms with Crippen molar-refractivity contribution in [1.29, 1.82) is 0 Å². The quantitative estimate of drug-likeness (QED) is 0.376. The average Bonchev–Trinajstić information content (AvgIpc) is 2.81. The van der Waals surface area contributed by atoms with Crippen LogP contribution in [0, 0.1) is 11.8 Å². The average molecular weight is 492 g/mol. The summed E-state index contributed by atoms with van der Waals surface area (Å²) < 4.78 is 0. The number of aliphatic hydroxyl groups excluding tert-OH is 2. The molecule has 2 aromatic rings. The molecule has 186 valence electrons. The second-order valence-electron chi connectivity index (χ2n) is 9.57. The van der Waals surface area contributed by atoms with Crippen LogP contribution in [0.2, 0.25) is 0 Å². The van der Waals surface area contributed by atoms with E-state index in [4.69, 9.17) is 5.73 Å². The van der Waals surface area contributed by atoms with Crippen LogP contribution in [-0.2, 0) is 20.8 Å². The van der Waals surface area contributed by atoms with Crippen LogP contribution in [0.5, 0.6) is 5.75 Å². The van der Waals surface area contributed by atoms with E-state index in [0.717, 1.165) is 0 Å². The summed E-state index contributed by atoms with van der Waals surface area (Å²) in [5.41, 5.74) is 3.48. The molecule has 0 saturated heterocycles. The van der Waals surface area contributed by atoms with E-state index < -0.39 is 58.0 Å². The molecule has 3 aliphatic rings. The molecule has 1 amide bonds. The lowest BCUT2D eigenvalue weighted by Crippen LogP contribution is -2.65. The molecule has 1 saturated carbocycles. The Kier molecular flexibility index (Phi) is 5.23. The number of phenolic OH excluding ortho intramolecular Hbond substituents is 1. The minimum Gasteiger partial charge on any atom is -0.508 e. The van der Waals surface area contributed by atoms with Gasteiger partial charge in [0.15, 0.2) is 11.4 Å². The highest BCUT2D eigenvalue weighted by Crippen LogP contribution is 2.53. The summed E-state index contributed by atoms with van der Waals surface area (Å²) >= 11 is 0. The predicted molar refractivity (Wildman–Crippen MR) is 125 cm³/mol. The number of primary amides is 1. The predicted octanol–water partition coefficient (Wildman–Crippen LogP) is 0.421. The maximum absolute atomic E-state index is 13.8. The number of hydrogen-bond acceptors (Lipinski definition) is 10. The topological polar surface area (TPSA) is 187 Å². The Balaban J connectivity index is 1.75. The van der Waals surface area contributed by atoms with E-state index in [0.29, 0.717) is 16.7 Å². The van der Waals surface area contributed by atoms with Crippen molar-refractivity contribution in [3.8, 4) is 16.9 Å². The highest BCUT2D eigenvalue weighted by molar-refractivity contribution is 6.24. The number of carbonyl (C=O) groups excluding carboxylic acids is 3. The van der Waals surface area contributed by atoms with Crippen LogP contribution >= 0.6 is 0 Å². The van der Waals surface area contributed by atoms with Gasteiger partial charge in [-0.1, -0.05) is 6.07 Å². The van der Waals surface area contributed by atoms with E-state index in [1.165, 1.54) is 17.3 Å². The summed E-state index contributed by atoms with van der Waals surface area (Å²) in [5.74, 6) is -6.82. The van der Waals surface area contributed by atoms with Crippen LogP contribution in [0.1, 0.15) is 17.5 Å². The monoisotopic (exact) mass is 492 g/mol. The number of likely N-dealkylation sites (N-methyl/N-ethyl adjacent to an activating group) is 1. The van der Waals surface area contributed by atoms with Crippen molar-refractivity contribution in [1.82, 2.24) is 14.9 Å². The molecule has 1 aromatic carbocycles. The number of hydrogen-bond donors (Lipinski definition) is 5. The molecule has 11 nitrogen and oxygen atoms in total. The van der Waals surface area contributed by atoms with Gasteiger partial charge in [0, 0.05) is 29.4 Å². The number of aromatic nitrogens is 2. The minimum atomic E-state index is -2.66. The number of carbonyl (C=O) groups is 3. The van der Waals surface area contributed by atoms with Gasteiger partial charge in [-0.25, -0.2) is 9.97 Å². The minimum absolute atomic E-state index is 0.0200. The molecule has 36 heavy (non-hydrogen) atoms. The second-order valence-corrected chi connectivity index (χ2v) is 9.57. The Bertz CT molecular complexity index is 1400. The number of aromatic hydroxyl groups is 1. The van der Waals surface area contributed by atoms with Gasteiger partial charge in [-0.05, 0) is 50.0 Å². The number of Topliss-reactive ketones (excluding diaryl/α,β-unsaturated/α-hetero) is 2. The first kappa shape index (κ1) is 23.6.